The first-order valence-corrected chi connectivity index (χ1v) is 11.2. The fraction of sp³-hybridized carbons (Fsp3) is 0.545. The molecule has 10 nitrogen and oxygen atoms in total. The van der Waals surface area contributed by atoms with Gasteiger partial charge in [-0.05, 0) is 25.0 Å². The standard InChI is InChI=1S/C22H31N7O3/c1-15(30)29-8-3-17(4-9-29)27-21-10-16(2-6-23-21)22(32)24-11-18(31)12-28-7-5-19-20(13-28)26-14-25-19/h2,6,10,14,17-18,31H,3-5,7-9,11-13H2,1H3,(H,23,27)(H,24,32)(H,25,26). The lowest BCUT2D eigenvalue weighted by molar-refractivity contribution is -0.129. The Balaban J connectivity index is 1.23. The van der Waals surface area contributed by atoms with Crippen LogP contribution in [0.1, 0.15) is 41.5 Å². The van der Waals surface area contributed by atoms with Gasteiger partial charge in [0.15, 0.2) is 0 Å². The number of carbonyl (C=O) groups is 2. The van der Waals surface area contributed by atoms with Crippen molar-refractivity contribution in [3.63, 3.8) is 0 Å². The minimum atomic E-state index is -0.662. The van der Waals surface area contributed by atoms with Crippen LogP contribution in [-0.4, -0.2) is 86.5 Å². The Labute approximate surface area is 187 Å². The van der Waals surface area contributed by atoms with Crippen molar-refractivity contribution in [2.24, 2.45) is 0 Å². The summed E-state index contributed by atoms with van der Waals surface area (Å²) in [5, 5.41) is 16.6. The van der Waals surface area contributed by atoms with Crippen molar-refractivity contribution in [2.75, 3.05) is 38.0 Å². The lowest BCUT2D eigenvalue weighted by atomic mass is 10.0. The Bertz CT molecular complexity index is 939. The number of fused-ring (bicyclic) bond motifs is 1. The van der Waals surface area contributed by atoms with E-state index < -0.39 is 6.10 Å². The minimum absolute atomic E-state index is 0.105. The van der Waals surface area contributed by atoms with Crippen LogP contribution < -0.4 is 10.6 Å². The average Bonchev–Trinajstić information content (AvgIpc) is 3.26. The van der Waals surface area contributed by atoms with Crippen molar-refractivity contribution in [2.45, 2.75) is 44.9 Å². The second-order valence-corrected chi connectivity index (χ2v) is 8.53. The number of piperidine rings is 1. The minimum Gasteiger partial charge on any atom is -0.390 e. The van der Waals surface area contributed by atoms with Crippen molar-refractivity contribution in [1.29, 1.82) is 0 Å². The van der Waals surface area contributed by atoms with Crippen LogP contribution in [0.2, 0.25) is 0 Å². The highest BCUT2D eigenvalue weighted by Crippen LogP contribution is 2.17. The van der Waals surface area contributed by atoms with Crippen LogP contribution in [0.5, 0.6) is 0 Å². The van der Waals surface area contributed by atoms with Gasteiger partial charge in [0, 0.05) is 76.1 Å². The molecule has 32 heavy (non-hydrogen) atoms. The molecular weight excluding hydrogens is 410 g/mol. The number of hydrogen-bond donors (Lipinski definition) is 4. The lowest BCUT2D eigenvalue weighted by Crippen LogP contribution is -2.42. The lowest BCUT2D eigenvalue weighted by Gasteiger charge is -2.32. The molecule has 1 fully saturated rings. The molecule has 0 saturated carbocycles. The van der Waals surface area contributed by atoms with Gasteiger partial charge in [0.2, 0.25) is 5.91 Å². The number of aliphatic hydroxyl groups is 1. The van der Waals surface area contributed by atoms with Gasteiger partial charge in [0.1, 0.15) is 5.82 Å². The van der Waals surface area contributed by atoms with Crippen LogP contribution >= 0.6 is 0 Å². The normalized spacial score (nSPS) is 18.1. The predicted molar refractivity (Wildman–Crippen MR) is 119 cm³/mol. The molecule has 1 unspecified atom stereocenters. The second-order valence-electron chi connectivity index (χ2n) is 8.53. The first kappa shape index (κ1) is 22.2. The average molecular weight is 442 g/mol. The van der Waals surface area contributed by atoms with Gasteiger partial charge in [0.05, 0.1) is 18.1 Å². The maximum absolute atomic E-state index is 12.6. The largest absolute Gasteiger partial charge is 0.390 e. The number of nitrogens with one attached hydrogen (secondary N) is 3. The number of pyridine rings is 1. The molecular formula is C22H31N7O3. The van der Waals surface area contributed by atoms with Crippen molar-refractivity contribution in [3.05, 3.63) is 41.6 Å². The van der Waals surface area contributed by atoms with Gasteiger partial charge >= 0.3 is 0 Å². The summed E-state index contributed by atoms with van der Waals surface area (Å²) in [6.45, 7) is 5.26. The molecule has 0 aromatic carbocycles. The van der Waals surface area contributed by atoms with E-state index in [0.717, 1.165) is 50.3 Å². The van der Waals surface area contributed by atoms with Crippen LogP contribution in [-0.2, 0) is 17.8 Å². The zero-order valence-corrected chi connectivity index (χ0v) is 18.4. The Kier molecular flexibility index (Phi) is 7.01. The molecule has 4 N–H and O–H groups in total. The molecule has 2 aromatic rings. The summed E-state index contributed by atoms with van der Waals surface area (Å²) in [6, 6.07) is 3.61. The maximum atomic E-state index is 12.6. The zero-order valence-electron chi connectivity index (χ0n) is 18.4. The Morgan fingerprint density at radius 3 is 2.88 bits per heavy atom. The number of H-pyrrole nitrogens is 1. The van der Waals surface area contributed by atoms with Gasteiger partial charge in [-0.25, -0.2) is 9.97 Å². The van der Waals surface area contributed by atoms with Gasteiger partial charge in [-0.3, -0.25) is 14.5 Å². The van der Waals surface area contributed by atoms with E-state index in [1.807, 2.05) is 4.90 Å². The first-order chi connectivity index (χ1) is 15.5. The van der Waals surface area contributed by atoms with Crippen LogP contribution in [0, 0.1) is 0 Å². The molecule has 0 spiro atoms. The predicted octanol–water partition coefficient (Wildman–Crippen LogP) is 0.377. The third-order valence-electron chi connectivity index (χ3n) is 6.14. The number of hydrogen-bond acceptors (Lipinski definition) is 7. The van der Waals surface area contributed by atoms with E-state index in [-0.39, 0.29) is 24.4 Å². The molecule has 0 bridgehead atoms. The molecule has 1 atom stereocenters. The molecule has 4 rings (SSSR count). The SMILES string of the molecule is CC(=O)N1CCC(Nc2cc(C(=O)NCC(O)CN3CCc4[nH]cnc4C3)ccn2)CC1. The number of likely N-dealkylation sites (tertiary alicyclic amines) is 1. The second kappa shape index (κ2) is 10.1. The molecule has 0 radical (unpaired) electrons. The molecule has 2 aliphatic rings. The molecule has 4 heterocycles. The number of carbonyl (C=O) groups excluding carboxylic acids is 2. The van der Waals surface area contributed by atoms with Crippen LogP contribution in [0.25, 0.3) is 0 Å². The summed E-state index contributed by atoms with van der Waals surface area (Å²) in [4.78, 5) is 39.8. The summed E-state index contributed by atoms with van der Waals surface area (Å²) >= 11 is 0. The first-order valence-electron chi connectivity index (χ1n) is 11.2. The number of amides is 2. The quantitative estimate of drug-likeness (QED) is 0.489. The Morgan fingerprint density at radius 2 is 2.09 bits per heavy atom. The van der Waals surface area contributed by atoms with Gasteiger partial charge in [-0.15, -0.1) is 0 Å². The van der Waals surface area contributed by atoms with Crippen molar-refractivity contribution in [3.8, 4) is 0 Å². The monoisotopic (exact) mass is 441 g/mol. The molecule has 172 valence electrons. The fourth-order valence-electron chi connectivity index (χ4n) is 4.29. The number of aromatic amines is 1. The number of rotatable bonds is 7. The van der Waals surface area contributed by atoms with E-state index in [2.05, 4.69) is 30.5 Å². The van der Waals surface area contributed by atoms with Crippen molar-refractivity contribution < 1.29 is 14.7 Å². The van der Waals surface area contributed by atoms with Gasteiger partial charge in [-0.2, -0.15) is 0 Å². The van der Waals surface area contributed by atoms with Gasteiger partial charge < -0.3 is 25.6 Å². The van der Waals surface area contributed by atoms with E-state index in [0.29, 0.717) is 24.5 Å². The summed E-state index contributed by atoms with van der Waals surface area (Å²) in [5.41, 5.74) is 2.68. The number of aliphatic hydroxyl groups excluding tert-OH is 1. The highest BCUT2D eigenvalue weighted by atomic mass is 16.3. The van der Waals surface area contributed by atoms with Gasteiger partial charge in [0.25, 0.3) is 5.91 Å². The number of nitrogens with zero attached hydrogens (tertiary/aromatic N) is 4. The molecule has 2 aliphatic heterocycles. The number of β-amino-alcohol motifs (C(OH)–C–C–N with tert-alkyl or cyclic N) is 1. The summed E-state index contributed by atoms with van der Waals surface area (Å²) in [7, 11) is 0. The molecule has 0 aliphatic carbocycles. The Hall–Kier alpha value is -2.98. The van der Waals surface area contributed by atoms with Gasteiger partial charge in [-0.1, -0.05) is 0 Å². The summed E-state index contributed by atoms with van der Waals surface area (Å²) in [6.07, 6.45) is 5.23. The summed E-state index contributed by atoms with van der Waals surface area (Å²) < 4.78 is 0. The summed E-state index contributed by atoms with van der Waals surface area (Å²) in [5.74, 6) is 0.505. The van der Waals surface area contributed by atoms with E-state index in [1.165, 1.54) is 0 Å². The molecule has 1 saturated heterocycles. The Morgan fingerprint density at radius 1 is 1.28 bits per heavy atom. The molecule has 10 heteroatoms. The van der Waals surface area contributed by atoms with Crippen molar-refractivity contribution in [1.82, 2.24) is 30.1 Å². The number of anilines is 1. The number of imidazole rings is 1. The van der Waals surface area contributed by atoms with Crippen LogP contribution in [0.3, 0.4) is 0 Å². The third-order valence-corrected chi connectivity index (χ3v) is 6.14. The number of aromatic nitrogens is 3. The maximum Gasteiger partial charge on any atom is 0.251 e. The van der Waals surface area contributed by atoms with E-state index in [9.17, 15) is 14.7 Å². The van der Waals surface area contributed by atoms with E-state index >= 15 is 0 Å². The smallest absolute Gasteiger partial charge is 0.251 e. The highest BCUT2D eigenvalue weighted by Gasteiger charge is 2.22. The van der Waals surface area contributed by atoms with Crippen LogP contribution in [0.15, 0.2) is 24.7 Å². The van der Waals surface area contributed by atoms with Crippen LogP contribution in [0.4, 0.5) is 5.82 Å². The topological polar surface area (TPSA) is 126 Å². The van der Waals surface area contributed by atoms with E-state index in [1.54, 1.807) is 31.6 Å². The molecule has 2 amide bonds. The zero-order chi connectivity index (χ0) is 22.5. The van der Waals surface area contributed by atoms with E-state index in [4.69, 9.17) is 0 Å². The molecule has 2 aromatic heterocycles. The van der Waals surface area contributed by atoms with Crippen molar-refractivity contribution >= 4 is 17.6 Å². The highest BCUT2D eigenvalue weighted by molar-refractivity contribution is 5.94. The fourth-order valence-corrected chi connectivity index (χ4v) is 4.29. The third kappa shape index (κ3) is 5.63.